The molecule has 0 saturated carbocycles. The van der Waals surface area contributed by atoms with Gasteiger partial charge in [0.25, 0.3) is 0 Å². The molecule has 14 nitrogen and oxygen atoms in total. The number of nitrogens with one attached hydrogen (secondary N) is 2. The van der Waals surface area contributed by atoms with Gasteiger partial charge in [-0.15, -0.1) is 0 Å². The van der Waals surface area contributed by atoms with Crippen molar-refractivity contribution in [1.82, 2.24) is 40.0 Å². The average Bonchev–Trinajstić information content (AvgIpc) is 3.25. The maximum Gasteiger partial charge on any atom is 0.325 e. The quantitative estimate of drug-likeness (QED) is 0.420. The maximum atomic E-state index is 13.6. The van der Waals surface area contributed by atoms with E-state index < -0.39 is 12.3 Å². The SMILES string of the molecule is CC1(C)CC(OC(=O)CN2CN3C(=O)N4CN(CC(=O)OC5CC(C)(C)NC(C)(C)C5)CN5C(=O)N(C2)C3C45)CC(C)(C)N1. The predicted molar refractivity (Wildman–Crippen MR) is 159 cm³/mol. The molecule has 44 heavy (non-hydrogen) atoms. The van der Waals surface area contributed by atoms with Crippen LogP contribution in [-0.2, 0) is 19.1 Å². The molecule has 246 valence electrons. The molecule has 0 aromatic heterocycles. The number of carbonyl (C=O) groups excluding carboxylic acids is 4. The first-order chi connectivity index (χ1) is 20.3. The third kappa shape index (κ3) is 6.10. The predicted octanol–water partition coefficient (Wildman–Crippen LogP) is 1.28. The van der Waals surface area contributed by atoms with Crippen molar-refractivity contribution >= 4 is 24.0 Å². The minimum Gasteiger partial charge on any atom is -0.461 e. The Labute approximate surface area is 260 Å². The van der Waals surface area contributed by atoms with E-state index in [9.17, 15) is 19.2 Å². The number of urea groups is 2. The van der Waals surface area contributed by atoms with E-state index in [4.69, 9.17) is 9.47 Å². The second-order valence-corrected chi connectivity index (χ2v) is 16.3. The van der Waals surface area contributed by atoms with E-state index in [2.05, 4.69) is 66.0 Å². The van der Waals surface area contributed by atoms with E-state index in [1.165, 1.54) is 0 Å². The third-order valence-corrected chi connectivity index (χ3v) is 9.54. The highest BCUT2D eigenvalue weighted by Gasteiger charge is 2.63. The Bertz CT molecular complexity index is 1070. The van der Waals surface area contributed by atoms with Gasteiger partial charge < -0.3 is 20.1 Å². The van der Waals surface area contributed by atoms with Gasteiger partial charge in [0.15, 0.2) is 12.3 Å². The molecule has 6 heterocycles. The topological polar surface area (TPSA) is 130 Å². The highest BCUT2D eigenvalue weighted by atomic mass is 16.5. The van der Waals surface area contributed by atoms with Gasteiger partial charge in [-0.05, 0) is 55.4 Å². The zero-order chi connectivity index (χ0) is 32.0. The first-order valence-electron chi connectivity index (χ1n) is 15.9. The van der Waals surface area contributed by atoms with E-state index in [1.807, 2.05) is 0 Å². The minimum atomic E-state index is -0.429. The first kappa shape index (κ1) is 31.3. The number of rotatable bonds is 6. The summed E-state index contributed by atoms with van der Waals surface area (Å²) >= 11 is 0. The molecule has 4 amide bonds. The van der Waals surface area contributed by atoms with Crippen LogP contribution in [0.3, 0.4) is 0 Å². The molecular formula is C30H50N8O6. The normalized spacial score (nSPS) is 28.9. The maximum absolute atomic E-state index is 13.6. The number of piperidine rings is 2. The smallest absolute Gasteiger partial charge is 0.325 e. The lowest BCUT2D eigenvalue weighted by Crippen LogP contribution is -2.62. The average molecular weight is 619 g/mol. The molecule has 0 aromatic rings. The molecule has 0 radical (unpaired) electrons. The lowest BCUT2D eigenvalue weighted by molar-refractivity contribution is -0.158. The van der Waals surface area contributed by atoms with Gasteiger partial charge in [0, 0.05) is 47.8 Å². The van der Waals surface area contributed by atoms with Crippen LogP contribution in [0.2, 0.25) is 0 Å². The molecule has 0 spiro atoms. The lowest BCUT2D eigenvalue weighted by atomic mass is 9.81. The largest absolute Gasteiger partial charge is 0.461 e. The minimum absolute atomic E-state index is 0.0159. The molecular weight excluding hydrogens is 568 g/mol. The van der Waals surface area contributed by atoms with E-state index >= 15 is 0 Å². The summed E-state index contributed by atoms with van der Waals surface area (Å²) in [6.45, 7) is 17.7. The molecule has 0 atom stereocenters. The van der Waals surface area contributed by atoms with Crippen molar-refractivity contribution in [3.63, 3.8) is 0 Å². The Kier molecular flexibility index (Phi) is 7.42. The van der Waals surface area contributed by atoms with Gasteiger partial charge in [0.2, 0.25) is 0 Å². The Morgan fingerprint density at radius 2 is 0.864 bits per heavy atom. The Morgan fingerprint density at radius 3 is 1.14 bits per heavy atom. The number of amides is 4. The van der Waals surface area contributed by atoms with Gasteiger partial charge in [0.05, 0.1) is 39.8 Å². The van der Waals surface area contributed by atoms with Crippen LogP contribution in [0, 0.1) is 0 Å². The van der Waals surface area contributed by atoms with Crippen LogP contribution in [0.1, 0.15) is 81.1 Å². The molecule has 0 aliphatic carbocycles. The van der Waals surface area contributed by atoms with Crippen molar-refractivity contribution in [3.8, 4) is 0 Å². The third-order valence-electron chi connectivity index (χ3n) is 9.54. The summed E-state index contributed by atoms with van der Waals surface area (Å²) in [6.07, 6.45) is 1.57. The van der Waals surface area contributed by atoms with Crippen LogP contribution in [0.25, 0.3) is 0 Å². The van der Waals surface area contributed by atoms with Gasteiger partial charge in [-0.25, -0.2) is 9.59 Å². The van der Waals surface area contributed by atoms with Gasteiger partial charge >= 0.3 is 24.0 Å². The van der Waals surface area contributed by atoms with E-state index in [1.54, 1.807) is 29.4 Å². The zero-order valence-corrected chi connectivity index (χ0v) is 27.5. The summed E-state index contributed by atoms with van der Waals surface area (Å²) < 4.78 is 11.8. The summed E-state index contributed by atoms with van der Waals surface area (Å²) in [4.78, 5) is 63.5. The molecule has 0 unspecified atom stereocenters. The monoisotopic (exact) mass is 618 g/mol. The van der Waals surface area contributed by atoms with Crippen molar-refractivity contribution < 1.29 is 28.7 Å². The molecule has 6 aliphatic heterocycles. The molecule has 2 N–H and O–H groups in total. The standard InChI is InChI=1S/C30H50N8O6/c1-27(2)9-19(10-28(3,4)31-27)43-21(39)13-33-15-35-23-24-37(25(35)41)17-34(18-38(24)26(42)36(23)16-33)14-22(40)44-20-11-29(5,6)32-30(7,8)12-20/h19-20,23-24,31-32H,9-18H2,1-8H3. The van der Waals surface area contributed by atoms with Crippen LogP contribution >= 0.6 is 0 Å². The highest BCUT2D eigenvalue weighted by Crippen LogP contribution is 2.40. The number of esters is 2. The van der Waals surface area contributed by atoms with E-state index in [0.717, 1.165) is 0 Å². The molecule has 6 aliphatic rings. The molecule has 6 fully saturated rings. The lowest BCUT2D eigenvalue weighted by Gasteiger charge is -2.46. The van der Waals surface area contributed by atoms with Gasteiger partial charge in [-0.2, -0.15) is 0 Å². The molecule has 14 heteroatoms. The summed E-state index contributed by atoms with van der Waals surface area (Å²) in [5, 5.41) is 7.19. The Balaban J connectivity index is 1.06. The van der Waals surface area contributed by atoms with Crippen LogP contribution < -0.4 is 10.6 Å². The first-order valence-corrected chi connectivity index (χ1v) is 15.9. The van der Waals surface area contributed by atoms with Crippen molar-refractivity contribution in [1.29, 1.82) is 0 Å². The molecule has 6 rings (SSSR count). The van der Waals surface area contributed by atoms with Crippen LogP contribution in [0.4, 0.5) is 9.59 Å². The summed E-state index contributed by atoms with van der Waals surface area (Å²) in [5.41, 5.74) is -0.625. The second-order valence-electron chi connectivity index (χ2n) is 16.3. The van der Waals surface area contributed by atoms with Crippen molar-refractivity contribution in [2.75, 3.05) is 39.8 Å². The number of ether oxygens (including phenoxy) is 2. The van der Waals surface area contributed by atoms with Crippen LogP contribution in [0.5, 0.6) is 0 Å². The molecule has 0 aromatic carbocycles. The number of carbonyl (C=O) groups is 4. The fourth-order valence-electron chi connectivity index (χ4n) is 8.93. The van der Waals surface area contributed by atoms with Crippen molar-refractivity contribution in [2.45, 2.75) is 128 Å². The van der Waals surface area contributed by atoms with Gasteiger partial charge in [-0.1, -0.05) is 0 Å². The fraction of sp³-hybridized carbons (Fsp3) is 0.867. The van der Waals surface area contributed by atoms with Crippen molar-refractivity contribution in [3.05, 3.63) is 0 Å². The highest BCUT2D eigenvalue weighted by molar-refractivity contribution is 5.86. The molecule has 0 bridgehead atoms. The summed E-state index contributed by atoms with van der Waals surface area (Å²) in [7, 11) is 0. The summed E-state index contributed by atoms with van der Waals surface area (Å²) in [5.74, 6) is -0.717. The van der Waals surface area contributed by atoms with E-state index in [0.29, 0.717) is 25.7 Å². The van der Waals surface area contributed by atoms with Gasteiger partial charge in [0.1, 0.15) is 12.2 Å². The number of hydrogen-bond acceptors (Lipinski definition) is 10. The Morgan fingerprint density at radius 1 is 0.591 bits per heavy atom. The zero-order valence-electron chi connectivity index (χ0n) is 27.5. The van der Waals surface area contributed by atoms with E-state index in [-0.39, 0.29) is 98.1 Å². The van der Waals surface area contributed by atoms with Crippen LogP contribution in [0.15, 0.2) is 0 Å². The van der Waals surface area contributed by atoms with Crippen molar-refractivity contribution in [2.24, 2.45) is 0 Å². The Hall–Kier alpha value is -2.68. The van der Waals surface area contributed by atoms with Crippen LogP contribution in [-0.4, -0.2) is 140 Å². The number of hydrogen-bond donors (Lipinski definition) is 2. The molecule has 6 saturated heterocycles. The summed E-state index contributed by atoms with van der Waals surface area (Å²) in [6, 6.07) is -0.440. The fourth-order valence-corrected chi connectivity index (χ4v) is 8.93. The second kappa shape index (κ2) is 10.4. The number of nitrogens with zero attached hydrogens (tertiary/aromatic N) is 6. The van der Waals surface area contributed by atoms with Gasteiger partial charge in [-0.3, -0.25) is 39.0 Å².